The minimum absolute atomic E-state index is 0.324. The summed E-state index contributed by atoms with van der Waals surface area (Å²) in [4.78, 5) is 21.8. The van der Waals surface area contributed by atoms with Crippen molar-refractivity contribution in [2.75, 3.05) is 37.6 Å². The van der Waals surface area contributed by atoms with E-state index in [0.717, 1.165) is 25.2 Å². The van der Waals surface area contributed by atoms with Gasteiger partial charge in [0.25, 0.3) is 10.0 Å². The monoisotopic (exact) mass is 488 g/mol. The molecule has 0 bridgehead atoms. The van der Waals surface area contributed by atoms with Gasteiger partial charge in [0.15, 0.2) is 0 Å². The highest BCUT2D eigenvalue weighted by Gasteiger charge is 2.35. The second-order valence-corrected chi connectivity index (χ2v) is 9.82. The van der Waals surface area contributed by atoms with Crippen LogP contribution in [0.3, 0.4) is 0 Å². The average molecular weight is 489 g/mol. The van der Waals surface area contributed by atoms with Crippen molar-refractivity contribution in [3.63, 3.8) is 0 Å². The van der Waals surface area contributed by atoms with Gasteiger partial charge >= 0.3 is 11.9 Å². The number of fused-ring (bicyclic) bond motifs is 2. The molecule has 0 spiro atoms. The molecule has 1 saturated heterocycles. The molecule has 2 aliphatic rings. The molecule has 2 aliphatic heterocycles. The van der Waals surface area contributed by atoms with E-state index in [4.69, 9.17) is 14.9 Å². The lowest BCUT2D eigenvalue weighted by Gasteiger charge is -2.22. The Morgan fingerprint density at radius 2 is 1.53 bits per heavy atom. The molecular weight excluding hydrogens is 460 g/mol. The van der Waals surface area contributed by atoms with Gasteiger partial charge in [-0.15, -0.1) is 0 Å². The normalized spacial score (nSPS) is 19.0. The molecule has 0 amide bonds. The first-order valence-corrected chi connectivity index (χ1v) is 12.3. The van der Waals surface area contributed by atoms with Gasteiger partial charge in [-0.3, -0.25) is 4.31 Å². The maximum absolute atomic E-state index is 13.1. The predicted octanol–water partition coefficient (Wildman–Crippen LogP) is 2.74. The van der Waals surface area contributed by atoms with E-state index in [1.165, 1.54) is 17.1 Å². The topological polar surface area (TPSA) is 124 Å². The molecule has 1 unspecified atom stereocenters. The van der Waals surface area contributed by atoms with Crippen molar-refractivity contribution >= 4 is 27.6 Å². The van der Waals surface area contributed by atoms with E-state index in [0.29, 0.717) is 34.9 Å². The Morgan fingerprint density at radius 3 is 2.15 bits per heavy atom. The van der Waals surface area contributed by atoms with Crippen molar-refractivity contribution in [2.24, 2.45) is 0 Å². The number of likely N-dealkylation sites (tertiary alicyclic amines) is 1. The summed E-state index contributed by atoms with van der Waals surface area (Å²) in [5.41, 5.74) is 2.28. The summed E-state index contributed by atoms with van der Waals surface area (Å²) in [6.07, 6.45) is 3.23. The molecule has 10 heteroatoms. The van der Waals surface area contributed by atoms with Gasteiger partial charge in [-0.05, 0) is 38.1 Å². The summed E-state index contributed by atoms with van der Waals surface area (Å²) in [5, 5.41) is 15.6. The molecule has 182 valence electrons. The second-order valence-electron chi connectivity index (χ2n) is 7.88. The fourth-order valence-electron chi connectivity index (χ4n) is 4.00. The highest BCUT2D eigenvalue weighted by Crippen LogP contribution is 2.41. The van der Waals surface area contributed by atoms with E-state index < -0.39 is 22.0 Å². The fraction of sp³-hybridized carbons (Fsp3) is 0.333. The molecule has 9 nitrogen and oxygen atoms in total. The molecule has 0 aromatic heterocycles. The van der Waals surface area contributed by atoms with Crippen LogP contribution < -0.4 is 4.31 Å². The molecule has 4 rings (SSSR count). The molecule has 2 aromatic carbocycles. The molecule has 1 fully saturated rings. The van der Waals surface area contributed by atoms with Gasteiger partial charge in [0, 0.05) is 36.9 Å². The average Bonchev–Trinajstić information content (AvgIpc) is 3.32. The lowest BCUT2D eigenvalue weighted by atomic mass is 9.99. The number of carboxylic acids is 2. The van der Waals surface area contributed by atoms with Crippen molar-refractivity contribution in [1.82, 2.24) is 4.90 Å². The molecule has 1 atom stereocenters. The van der Waals surface area contributed by atoms with Crippen molar-refractivity contribution in [2.45, 2.75) is 23.8 Å². The third-order valence-corrected chi connectivity index (χ3v) is 7.50. The Kier molecular flexibility index (Phi) is 8.43. The zero-order valence-corrected chi connectivity index (χ0v) is 19.6. The van der Waals surface area contributed by atoms with Crippen LogP contribution in [0.25, 0.3) is 0 Å². The minimum Gasteiger partial charge on any atom is -0.478 e. The number of para-hydroxylation sites is 1. The maximum Gasteiger partial charge on any atom is 0.328 e. The maximum atomic E-state index is 13.1. The summed E-state index contributed by atoms with van der Waals surface area (Å²) in [6, 6.07) is 14.8. The number of nitrogens with zero attached hydrogens (tertiary/aromatic N) is 2. The van der Waals surface area contributed by atoms with E-state index in [2.05, 4.69) is 4.90 Å². The SMILES string of the molecule is CN1c2ccccc2C(OCCN2CCCC2)c2ccccc2S1(=O)=O.O=C(O)/C=C/C(=O)O. The number of hydrogen-bond acceptors (Lipinski definition) is 6. The second kappa shape index (κ2) is 11.3. The molecule has 0 aliphatic carbocycles. The molecule has 2 aromatic rings. The zero-order chi connectivity index (χ0) is 24.7. The van der Waals surface area contributed by atoms with Gasteiger partial charge in [0.2, 0.25) is 0 Å². The van der Waals surface area contributed by atoms with Gasteiger partial charge in [-0.2, -0.15) is 0 Å². The summed E-state index contributed by atoms with van der Waals surface area (Å²) < 4.78 is 33.8. The highest BCUT2D eigenvalue weighted by molar-refractivity contribution is 7.92. The number of anilines is 1. The lowest BCUT2D eigenvalue weighted by molar-refractivity contribution is -0.134. The Balaban J connectivity index is 0.000000350. The number of carbonyl (C=O) groups is 2. The third kappa shape index (κ3) is 6.02. The van der Waals surface area contributed by atoms with Crippen LogP contribution in [-0.4, -0.2) is 68.8 Å². The van der Waals surface area contributed by atoms with Crippen LogP contribution in [0.15, 0.2) is 65.6 Å². The molecule has 0 saturated carbocycles. The first kappa shape index (κ1) is 25.4. The molecule has 2 heterocycles. The Hall–Kier alpha value is -3.21. The van der Waals surface area contributed by atoms with Crippen LogP contribution >= 0.6 is 0 Å². The van der Waals surface area contributed by atoms with Gasteiger partial charge in [-0.25, -0.2) is 18.0 Å². The van der Waals surface area contributed by atoms with Crippen LogP contribution in [-0.2, 0) is 24.3 Å². The van der Waals surface area contributed by atoms with Crippen LogP contribution in [0.2, 0.25) is 0 Å². The first-order valence-electron chi connectivity index (χ1n) is 10.9. The first-order chi connectivity index (χ1) is 16.2. The number of hydrogen-bond donors (Lipinski definition) is 2. The van der Waals surface area contributed by atoms with Crippen LogP contribution in [0, 0.1) is 0 Å². The van der Waals surface area contributed by atoms with Crippen LogP contribution in [0.4, 0.5) is 5.69 Å². The van der Waals surface area contributed by atoms with E-state index in [9.17, 15) is 18.0 Å². The summed E-state index contributed by atoms with van der Waals surface area (Å²) in [5.74, 6) is -2.51. The van der Waals surface area contributed by atoms with E-state index in [-0.39, 0.29) is 6.10 Å². The fourth-order valence-corrected chi connectivity index (χ4v) is 5.44. The van der Waals surface area contributed by atoms with Crippen molar-refractivity contribution in [3.05, 3.63) is 71.8 Å². The van der Waals surface area contributed by atoms with Gasteiger partial charge in [0.1, 0.15) is 6.10 Å². The number of rotatable bonds is 6. The molecule has 2 N–H and O–H groups in total. The Morgan fingerprint density at radius 1 is 0.971 bits per heavy atom. The van der Waals surface area contributed by atoms with Crippen molar-refractivity contribution in [1.29, 1.82) is 0 Å². The Bertz CT molecular complexity index is 1140. The quantitative estimate of drug-likeness (QED) is 0.595. The van der Waals surface area contributed by atoms with Gasteiger partial charge < -0.3 is 19.8 Å². The standard InChI is InChI=1S/C20H24N2O3S.C4H4O4/c1-21-18-10-4-2-8-16(18)20(25-15-14-22-12-6-7-13-22)17-9-3-5-11-19(17)26(21,23)24;5-3(6)1-2-4(7)8/h2-5,8-11,20H,6-7,12-15H2,1H3;1-2H,(H,5,6)(H,7,8)/b;2-1+. The minimum atomic E-state index is -3.60. The number of ether oxygens (including phenoxy) is 1. The largest absolute Gasteiger partial charge is 0.478 e. The van der Waals surface area contributed by atoms with E-state index >= 15 is 0 Å². The number of benzene rings is 2. The van der Waals surface area contributed by atoms with Gasteiger partial charge in [-0.1, -0.05) is 36.4 Å². The van der Waals surface area contributed by atoms with E-state index in [1.54, 1.807) is 19.2 Å². The summed E-state index contributed by atoms with van der Waals surface area (Å²) in [6.45, 7) is 3.71. The predicted molar refractivity (Wildman–Crippen MR) is 126 cm³/mol. The number of aliphatic carboxylic acids is 2. The number of sulfonamides is 1. The third-order valence-electron chi connectivity index (χ3n) is 5.66. The van der Waals surface area contributed by atoms with Crippen LogP contribution in [0.5, 0.6) is 0 Å². The smallest absolute Gasteiger partial charge is 0.328 e. The van der Waals surface area contributed by atoms with Crippen molar-refractivity contribution < 1.29 is 33.0 Å². The van der Waals surface area contributed by atoms with Gasteiger partial charge in [0.05, 0.1) is 17.2 Å². The zero-order valence-electron chi connectivity index (χ0n) is 18.8. The molecular formula is C24H28N2O7S. The van der Waals surface area contributed by atoms with Crippen LogP contribution in [0.1, 0.15) is 30.1 Å². The summed E-state index contributed by atoms with van der Waals surface area (Å²) >= 11 is 0. The Labute approximate surface area is 198 Å². The summed E-state index contributed by atoms with van der Waals surface area (Å²) in [7, 11) is -1.99. The highest BCUT2D eigenvalue weighted by atomic mass is 32.2. The molecule has 0 radical (unpaired) electrons. The lowest BCUT2D eigenvalue weighted by Crippen LogP contribution is -2.26. The number of carboxylic acid groups (broad SMARTS) is 2. The van der Waals surface area contributed by atoms with E-state index in [1.807, 2.05) is 36.4 Å². The van der Waals surface area contributed by atoms with Crippen molar-refractivity contribution in [3.8, 4) is 0 Å². The molecule has 34 heavy (non-hydrogen) atoms.